The SMILES string of the molecule is COc1cccc(C=CS(=O)(=O)NC2C3CCC(CC3)C2CC=CCCCC(=O)O)c1. The van der Waals surface area contributed by atoms with Gasteiger partial charge in [0.05, 0.1) is 7.11 Å². The van der Waals surface area contributed by atoms with E-state index in [-0.39, 0.29) is 12.5 Å². The second kappa shape index (κ2) is 11.0. The predicted octanol–water partition coefficient (Wildman–Crippen LogP) is 4.59. The quantitative estimate of drug-likeness (QED) is 0.382. The number of nitrogens with one attached hydrogen (secondary N) is 1. The Hall–Kier alpha value is -2.12. The van der Waals surface area contributed by atoms with Crippen molar-refractivity contribution in [2.45, 2.75) is 57.4 Å². The highest BCUT2D eigenvalue weighted by Gasteiger charge is 2.44. The van der Waals surface area contributed by atoms with Crippen molar-refractivity contribution in [2.75, 3.05) is 7.11 Å². The van der Waals surface area contributed by atoms with Crippen LogP contribution in [0.2, 0.25) is 0 Å². The molecule has 4 rings (SSSR count). The zero-order valence-corrected chi connectivity index (χ0v) is 18.9. The fourth-order valence-electron chi connectivity index (χ4n) is 4.98. The lowest BCUT2D eigenvalue weighted by molar-refractivity contribution is -0.137. The molecule has 0 aliphatic heterocycles. The van der Waals surface area contributed by atoms with E-state index in [4.69, 9.17) is 9.84 Å². The summed E-state index contributed by atoms with van der Waals surface area (Å²) in [5, 5.41) is 9.98. The number of carbonyl (C=O) groups is 1. The number of methoxy groups -OCH3 is 1. The van der Waals surface area contributed by atoms with Gasteiger partial charge in [0.1, 0.15) is 5.75 Å². The monoisotopic (exact) mass is 447 g/mol. The highest BCUT2D eigenvalue weighted by atomic mass is 32.2. The maximum atomic E-state index is 12.8. The molecule has 2 bridgehead atoms. The maximum absolute atomic E-state index is 12.8. The number of benzene rings is 1. The molecule has 3 aliphatic rings. The fraction of sp³-hybridized carbons (Fsp3) is 0.542. The minimum Gasteiger partial charge on any atom is -0.497 e. The summed E-state index contributed by atoms with van der Waals surface area (Å²) in [6, 6.07) is 7.25. The Balaban J connectivity index is 1.63. The summed E-state index contributed by atoms with van der Waals surface area (Å²) >= 11 is 0. The Kier molecular flexibility index (Phi) is 8.32. The fourth-order valence-corrected chi connectivity index (χ4v) is 6.14. The van der Waals surface area contributed by atoms with Gasteiger partial charge in [0, 0.05) is 17.9 Å². The standard InChI is InChI=1S/C24H33NO5S/c1-30-21-8-6-7-18(17-21)15-16-31(28,29)25-24-20-13-11-19(12-14-20)22(24)9-4-2-3-5-10-23(26)27/h2,4,6-8,15-17,19-20,22,24-25H,3,5,9-14H2,1H3,(H,26,27). The molecule has 170 valence electrons. The Morgan fingerprint density at radius 1 is 1.19 bits per heavy atom. The van der Waals surface area contributed by atoms with Crippen LogP contribution in [0, 0.1) is 17.8 Å². The largest absolute Gasteiger partial charge is 0.497 e. The Morgan fingerprint density at radius 2 is 1.94 bits per heavy atom. The minimum atomic E-state index is -3.56. The average Bonchev–Trinajstić information content (AvgIpc) is 2.76. The Morgan fingerprint density at radius 3 is 2.65 bits per heavy atom. The van der Waals surface area contributed by atoms with Gasteiger partial charge in [0.15, 0.2) is 0 Å². The molecule has 0 radical (unpaired) electrons. The van der Waals surface area contributed by atoms with Crippen LogP contribution in [-0.4, -0.2) is 32.6 Å². The summed E-state index contributed by atoms with van der Waals surface area (Å²) in [7, 11) is -1.98. The number of rotatable bonds is 11. The van der Waals surface area contributed by atoms with Crippen LogP contribution in [0.3, 0.4) is 0 Å². The molecular weight excluding hydrogens is 414 g/mol. The van der Waals surface area contributed by atoms with E-state index in [1.165, 1.54) is 18.2 Å². The number of unbranched alkanes of at least 4 members (excludes halogenated alkanes) is 1. The first kappa shape index (κ1) is 23.5. The second-order valence-corrected chi connectivity index (χ2v) is 10.2. The maximum Gasteiger partial charge on any atom is 0.303 e. The van der Waals surface area contributed by atoms with E-state index in [0.717, 1.165) is 31.2 Å². The van der Waals surface area contributed by atoms with E-state index in [2.05, 4.69) is 10.8 Å². The molecule has 3 fully saturated rings. The van der Waals surface area contributed by atoms with E-state index < -0.39 is 16.0 Å². The molecule has 0 amide bonds. The van der Waals surface area contributed by atoms with E-state index in [0.29, 0.717) is 29.9 Å². The molecule has 2 atom stereocenters. The molecule has 7 heteroatoms. The van der Waals surface area contributed by atoms with Crippen LogP contribution in [-0.2, 0) is 14.8 Å². The van der Waals surface area contributed by atoms with Gasteiger partial charge in [-0.15, -0.1) is 0 Å². The van der Waals surface area contributed by atoms with E-state index in [1.54, 1.807) is 19.3 Å². The second-order valence-electron chi connectivity index (χ2n) is 8.60. The van der Waals surface area contributed by atoms with E-state index in [1.807, 2.05) is 24.3 Å². The van der Waals surface area contributed by atoms with Gasteiger partial charge in [-0.25, -0.2) is 13.1 Å². The number of carboxylic acids is 1. The van der Waals surface area contributed by atoms with Crippen molar-refractivity contribution in [1.82, 2.24) is 4.72 Å². The number of ether oxygens (including phenoxy) is 1. The van der Waals surface area contributed by atoms with Crippen LogP contribution in [0.5, 0.6) is 5.75 Å². The minimum absolute atomic E-state index is 0.0453. The third-order valence-corrected chi connectivity index (χ3v) is 7.66. The average molecular weight is 448 g/mol. The third kappa shape index (κ3) is 6.94. The highest BCUT2D eigenvalue weighted by Crippen LogP contribution is 2.47. The van der Waals surface area contributed by atoms with Crippen molar-refractivity contribution in [3.8, 4) is 5.75 Å². The zero-order valence-electron chi connectivity index (χ0n) is 18.1. The molecule has 3 saturated carbocycles. The van der Waals surface area contributed by atoms with Gasteiger partial charge in [-0.05, 0) is 86.5 Å². The van der Waals surface area contributed by atoms with Gasteiger partial charge in [0.25, 0.3) is 0 Å². The van der Waals surface area contributed by atoms with Crippen molar-refractivity contribution in [2.24, 2.45) is 17.8 Å². The van der Waals surface area contributed by atoms with Gasteiger partial charge in [-0.1, -0.05) is 24.3 Å². The Labute approximate surface area is 185 Å². The summed E-state index contributed by atoms with van der Waals surface area (Å²) in [5.41, 5.74) is 0.774. The summed E-state index contributed by atoms with van der Waals surface area (Å²) in [6.45, 7) is 0. The number of aliphatic carboxylic acids is 1. The van der Waals surface area contributed by atoms with E-state index in [9.17, 15) is 13.2 Å². The molecule has 1 aromatic carbocycles. The molecule has 0 saturated heterocycles. The molecule has 31 heavy (non-hydrogen) atoms. The molecule has 3 aliphatic carbocycles. The van der Waals surface area contributed by atoms with Crippen molar-refractivity contribution in [1.29, 1.82) is 0 Å². The van der Waals surface area contributed by atoms with Gasteiger partial charge >= 0.3 is 5.97 Å². The predicted molar refractivity (Wildman–Crippen MR) is 122 cm³/mol. The van der Waals surface area contributed by atoms with Crippen LogP contribution >= 0.6 is 0 Å². The summed E-state index contributed by atoms with van der Waals surface area (Å²) < 4.78 is 33.8. The first-order valence-corrected chi connectivity index (χ1v) is 12.6. The molecule has 2 N–H and O–H groups in total. The van der Waals surface area contributed by atoms with Crippen molar-refractivity contribution >= 4 is 22.1 Å². The smallest absolute Gasteiger partial charge is 0.303 e. The lowest BCUT2D eigenvalue weighted by Gasteiger charge is -2.48. The van der Waals surface area contributed by atoms with Crippen molar-refractivity contribution in [3.05, 3.63) is 47.4 Å². The lowest BCUT2D eigenvalue weighted by atomic mass is 9.61. The van der Waals surface area contributed by atoms with Gasteiger partial charge in [0.2, 0.25) is 10.0 Å². The summed E-state index contributed by atoms with van der Waals surface area (Å²) in [6.07, 6.45) is 12.6. The topological polar surface area (TPSA) is 92.7 Å². The van der Waals surface area contributed by atoms with Gasteiger partial charge in [-0.2, -0.15) is 0 Å². The van der Waals surface area contributed by atoms with Crippen LogP contribution in [0.1, 0.15) is 56.9 Å². The van der Waals surface area contributed by atoms with Crippen LogP contribution in [0.15, 0.2) is 41.8 Å². The van der Waals surface area contributed by atoms with Crippen LogP contribution < -0.4 is 9.46 Å². The highest BCUT2D eigenvalue weighted by molar-refractivity contribution is 7.92. The Bertz CT molecular complexity index is 900. The zero-order chi connectivity index (χ0) is 22.3. The first-order valence-electron chi connectivity index (χ1n) is 11.1. The first-order chi connectivity index (χ1) is 14.9. The summed E-state index contributed by atoms with van der Waals surface area (Å²) in [5.74, 6) is 1.14. The third-order valence-electron chi connectivity index (χ3n) is 6.56. The molecular formula is C24H33NO5S. The van der Waals surface area contributed by atoms with E-state index >= 15 is 0 Å². The molecule has 0 heterocycles. The number of carboxylic acid groups (broad SMARTS) is 1. The molecule has 6 nitrogen and oxygen atoms in total. The number of fused-ring (bicyclic) bond motifs is 3. The van der Waals surface area contributed by atoms with Crippen LogP contribution in [0.4, 0.5) is 0 Å². The molecule has 1 aromatic rings. The summed E-state index contributed by atoms with van der Waals surface area (Å²) in [4.78, 5) is 10.6. The van der Waals surface area contributed by atoms with Gasteiger partial charge < -0.3 is 9.84 Å². The van der Waals surface area contributed by atoms with Crippen LogP contribution in [0.25, 0.3) is 6.08 Å². The van der Waals surface area contributed by atoms with Gasteiger partial charge in [-0.3, -0.25) is 4.79 Å². The molecule has 0 aromatic heterocycles. The number of allylic oxidation sites excluding steroid dienone is 2. The molecule has 2 unspecified atom stereocenters. The lowest BCUT2D eigenvalue weighted by Crippen LogP contribution is -2.52. The normalized spacial score (nSPS) is 26.0. The molecule has 0 spiro atoms. The number of sulfonamides is 1. The van der Waals surface area contributed by atoms with Crippen molar-refractivity contribution in [3.63, 3.8) is 0 Å². The number of hydrogen-bond acceptors (Lipinski definition) is 4. The number of hydrogen-bond donors (Lipinski definition) is 2. The van der Waals surface area contributed by atoms with Crippen molar-refractivity contribution < 1.29 is 23.1 Å².